The number of amides is 1. The van der Waals surface area contributed by atoms with Crippen LogP contribution >= 0.6 is 24.4 Å². The zero-order valence-corrected chi connectivity index (χ0v) is 15.1. The fraction of sp³-hybridized carbons (Fsp3) is 0.727. The lowest BCUT2D eigenvalue weighted by molar-refractivity contribution is -0.121. The average molecular weight is 369 g/mol. The number of sulfonamides is 1. The van der Waals surface area contributed by atoms with Crippen LogP contribution < -0.4 is 10.3 Å². The molecule has 1 amide bonds. The monoisotopic (exact) mass is 368 g/mol. The molecule has 0 radical (unpaired) electrons. The van der Waals surface area contributed by atoms with E-state index in [0.29, 0.717) is 17.5 Å². The smallest absolute Gasteiger partial charge is 0.274 e. The first-order valence-corrected chi connectivity index (χ1v) is 9.10. The van der Waals surface area contributed by atoms with Gasteiger partial charge in [0.25, 0.3) is 11.1 Å². The molecule has 1 rings (SSSR count). The fourth-order valence-corrected chi connectivity index (χ4v) is 3.03. The van der Waals surface area contributed by atoms with Gasteiger partial charge in [0.1, 0.15) is 5.75 Å². The molecule has 1 aliphatic rings. The van der Waals surface area contributed by atoms with Gasteiger partial charge in [-0.2, -0.15) is 0 Å². The Bertz CT molecular complexity index is 548. The lowest BCUT2D eigenvalue weighted by atomic mass is 10.4. The highest BCUT2D eigenvalue weighted by molar-refractivity contribution is 7.90. The summed E-state index contributed by atoms with van der Waals surface area (Å²) in [6, 6.07) is 0. The number of thiocarbonyl (C=S) groups is 2. The summed E-state index contributed by atoms with van der Waals surface area (Å²) in [5.41, 5.74) is 2.44. The number of hydrazine groups is 2. The second-order valence-corrected chi connectivity index (χ2v) is 7.28. The zero-order valence-electron chi connectivity index (χ0n) is 12.7. The number of carbonyl (C=O) groups excluding carboxylic acids is 1. The summed E-state index contributed by atoms with van der Waals surface area (Å²) in [6.07, 6.45) is 2.00. The van der Waals surface area contributed by atoms with Crippen LogP contribution in [0.5, 0.6) is 0 Å². The van der Waals surface area contributed by atoms with Crippen molar-refractivity contribution in [3.63, 3.8) is 0 Å². The van der Waals surface area contributed by atoms with Crippen molar-refractivity contribution >= 4 is 50.5 Å². The van der Waals surface area contributed by atoms with Crippen molar-refractivity contribution < 1.29 is 17.9 Å². The van der Waals surface area contributed by atoms with Crippen LogP contribution in [0.4, 0.5) is 0 Å². The minimum absolute atomic E-state index is 0.0292. The highest BCUT2D eigenvalue weighted by Gasteiger charge is 2.29. The third kappa shape index (κ3) is 6.38. The number of nitrogens with zero attached hydrogens (tertiary/aromatic N) is 2. The van der Waals surface area contributed by atoms with Crippen molar-refractivity contribution in [1.82, 2.24) is 20.3 Å². The van der Waals surface area contributed by atoms with Crippen LogP contribution in [0.25, 0.3) is 0 Å². The molecule has 8 nitrogen and oxygen atoms in total. The predicted octanol–water partition coefficient (Wildman–Crippen LogP) is -0.226. The van der Waals surface area contributed by atoms with Gasteiger partial charge in [0.15, 0.2) is 0 Å². The third-order valence-electron chi connectivity index (χ3n) is 2.69. The Hall–Kier alpha value is -1.04. The van der Waals surface area contributed by atoms with E-state index >= 15 is 0 Å². The second-order valence-electron chi connectivity index (χ2n) is 4.81. The Kier molecular flexibility index (Phi) is 6.91. The van der Waals surface area contributed by atoms with Crippen LogP contribution in [-0.4, -0.2) is 61.0 Å². The molecule has 0 atom stereocenters. The molecule has 126 valence electrons. The summed E-state index contributed by atoms with van der Waals surface area (Å²) >= 11 is 10.0. The number of hydrogen-bond acceptors (Lipinski definition) is 6. The molecule has 0 bridgehead atoms. The van der Waals surface area contributed by atoms with Gasteiger partial charge in [0, 0.05) is 20.0 Å². The molecule has 0 unspecified atom stereocenters. The Morgan fingerprint density at radius 2 is 1.86 bits per heavy atom. The fourth-order valence-electron chi connectivity index (χ4n) is 1.55. The Balaban J connectivity index is 2.47. The van der Waals surface area contributed by atoms with Crippen molar-refractivity contribution in [2.24, 2.45) is 5.92 Å². The molecule has 0 spiro atoms. The summed E-state index contributed by atoms with van der Waals surface area (Å²) < 4.78 is 28.7. The maximum absolute atomic E-state index is 11.9. The van der Waals surface area contributed by atoms with E-state index in [-0.39, 0.29) is 5.17 Å². The van der Waals surface area contributed by atoms with Crippen molar-refractivity contribution in [2.45, 2.75) is 19.8 Å². The molecule has 2 N–H and O–H groups in total. The van der Waals surface area contributed by atoms with E-state index < -0.39 is 21.7 Å². The van der Waals surface area contributed by atoms with Crippen LogP contribution in [0.2, 0.25) is 0 Å². The molecule has 1 aliphatic carbocycles. The van der Waals surface area contributed by atoms with Crippen LogP contribution in [0.3, 0.4) is 0 Å². The minimum atomic E-state index is -3.89. The molecule has 11 heteroatoms. The predicted molar refractivity (Wildman–Crippen MR) is 90.1 cm³/mol. The van der Waals surface area contributed by atoms with Crippen molar-refractivity contribution in [2.75, 3.05) is 26.5 Å². The molecule has 0 heterocycles. The zero-order chi connectivity index (χ0) is 16.9. The van der Waals surface area contributed by atoms with E-state index in [1.807, 2.05) is 0 Å². The largest absolute Gasteiger partial charge is 0.470 e. The molecule has 0 aromatic heterocycles. The summed E-state index contributed by atoms with van der Waals surface area (Å²) in [5, 5.41) is 2.39. The lowest BCUT2D eigenvalue weighted by Crippen LogP contribution is -2.50. The van der Waals surface area contributed by atoms with Gasteiger partial charge >= 0.3 is 0 Å². The van der Waals surface area contributed by atoms with Gasteiger partial charge < -0.3 is 4.74 Å². The average Bonchev–Trinajstić information content (AvgIpc) is 3.20. The summed E-state index contributed by atoms with van der Waals surface area (Å²) in [5.74, 6) is -1.14. The summed E-state index contributed by atoms with van der Waals surface area (Å²) in [7, 11) is -0.910. The SMILES string of the molecule is CCOC(=S)N(C)NS(=O)(=O)CC(=O)NN(C)C(=S)C1CC1. The second kappa shape index (κ2) is 7.99. The third-order valence-corrected chi connectivity index (χ3v) is 4.88. The van der Waals surface area contributed by atoms with Gasteiger partial charge in [0.2, 0.25) is 10.0 Å². The number of carbonyl (C=O) groups is 1. The van der Waals surface area contributed by atoms with Crippen LogP contribution in [0, 0.1) is 5.92 Å². The van der Waals surface area contributed by atoms with Crippen LogP contribution in [-0.2, 0) is 19.6 Å². The molecule has 1 fully saturated rings. The Morgan fingerprint density at radius 1 is 1.27 bits per heavy atom. The van der Waals surface area contributed by atoms with Gasteiger partial charge in [-0.3, -0.25) is 20.2 Å². The maximum atomic E-state index is 11.9. The van der Waals surface area contributed by atoms with Crippen LogP contribution in [0.15, 0.2) is 0 Å². The number of hydrogen-bond donors (Lipinski definition) is 2. The van der Waals surface area contributed by atoms with Crippen molar-refractivity contribution in [1.29, 1.82) is 0 Å². The quantitative estimate of drug-likeness (QED) is 0.491. The molecular weight excluding hydrogens is 348 g/mol. The van der Waals surface area contributed by atoms with E-state index in [9.17, 15) is 13.2 Å². The number of nitrogens with one attached hydrogen (secondary N) is 2. The summed E-state index contributed by atoms with van der Waals surface area (Å²) in [6.45, 7) is 2.04. The van der Waals surface area contributed by atoms with Gasteiger partial charge in [-0.1, -0.05) is 12.2 Å². The lowest BCUT2D eigenvalue weighted by Gasteiger charge is -2.22. The molecule has 0 saturated heterocycles. The van der Waals surface area contributed by atoms with E-state index in [1.54, 1.807) is 14.0 Å². The highest BCUT2D eigenvalue weighted by atomic mass is 32.2. The molecule has 22 heavy (non-hydrogen) atoms. The molecule has 0 aliphatic heterocycles. The van der Waals surface area contributed by atoms with Crippen molar-refractivity contribution in [3.05, 3.63) is 0 Å². The van der Waals surface area contributed by atoms with E-state index in [2.05, 4.69) is 10.3 Å². The first kappa shape index (κ1) is 19.0. The van der Waals surface area contributed by atoms with E-state index in [4.69, 9.17) is 29.2 Å². The first-order valence-electron chi connectivity index (χ1n) is 6.64. The standard InChI is InChI=1S/C11H20N4O4S3/c1-4-19-11(21)15(3)13-22(17,18)7-9(16)12-14(2)10(20)8-5-6-8/h8,13H,4-7H2,1-3H3,(H,12,16). The number of ether oxygens (including phenoxy) is 1. The topological polar surface area (TPSA) is 91.0 Å². The van der Waals surface area contributed by atoms with Gasteiger partial charge in [-0.25, -0.2) is 8.42 Å². The highest BCUT2D eigenvalue weighted by Crippen LogP contribution is 2.31. The van der Waals surface area contributed by atoms with Crippen LogP contribution in [0.1, 0.15) is 19.8 Å². The summed E-state index contributed by atoms with van der Waals surface area (Å²) in [4.78, 5) is 14.5. The molecule has 0 aromatic rings. The first-order chi connectivity index (χ1) is 10.2. The molecule has 1 saturated carbocycles. The Labute approximate surface area is 141 Å². The number of rotatable bonds is 6. The maximum Gasteiger partial charge on any atom is 0.274 e. The van der Waals surface area contributed by atoms with Gasteiger partial charge in [-0.15, -0.1) is 4.83 Å². The molecule has 0 aromatic carbocycles. The van der Waals surface area contributed by atoms with E-state index in [1.165, 1.54) is 12.1 Å². The molecular formula is C11H20N4O4S3. The normalized spacial score (nSPS) is 14.1. The Morgan fingerprint density at radius 3 is 2.36 bits per heavy atom. The van der Waals surface area contributed by atoms with Gasteiger partial charge in [0.05, 0.1) is 11.6 Å². The van der Waals surface area contributed by atoms with Crippen molar-refractivity contribution in [3.8, 4) is 0 Å². The van der Waals surface area contributed by atoms with E-state index in [0.717, 1.165) is 17.9 Å². The minimum Gasteiger partial charge on any atom is -0.470 e. The van der Waals surface area contributed by atoms with Gasteiger partial charge in [-0.05, 0) is 32.0 Å².